The average Bonchev–Trinajstić information content (AvgIpc) is 2.65. The van der Waals surface area contributed by atoms with Gasteiger partial charge in [0.2, 0.25) is 0 Å². The van der Waals surface area contributed by atoms with Crippen molar-refractivity contribution in [3.63, 3.8) is 0 Å². The van der Waals surface area contributed by atoms with E-state index in [2.05, 4.69) is 21.2 Å². The maximum atomic E-state index is 10.3. The molecule has 1 aromatic carbocycles. The predicted octanol–water partition coefficient (Wildman–Crippen LogP) is 1.78. The van der Waals surface area contributed by atoms with Crippen molar-refractivity contribution in [1.82, 2.24) is 5.32 Å². The standard InChI is InChI=1S/C13H18BrNO3/c1-9-13(17,4-5-18-9)8-15-7-10-2-3-12(16)11(14)6-10/h2-3,6,9,15-17H,4-5,7-8H2,1H3. The maximum absolute atomic E-state index is 10.3. The predicted molar refractivity (Wildman–Crippen MR) is 72.5 cm³/mol. The second kappa shape index (κ2) is 5.57. The molecule has 1 aliphatic heterocycles. The highest BCUT2D eigenvalue weighted by Crippen LogP contribution is 2.26. The van der Waals surface area contributed by atoms with E-state index in [1.807, 2.05) is 19.1 Å². The smallest absolute Gasteiger partial charge is 0.129 e. The molecule has 18 heavy (non-hydrogen) atoms. The van der Waals surface area contributed by atoms with Crippen LogP contribution in [0.1, 0.15) is 18.9 Å². The van der Waals surface area contributed by atoms with Crippen LogP contribution in [-0.2, 0) is 11.3 Å². The SMILES string of the molecule is CC1OCCC1(O)CNCc1ccc(O)c(Br)c1. The highest BCUT2D eigenvalue weighted by Gasteiger charge is 2.38. The molecule has 1 fully saturated rings. The first-order valence-electron chi connectivity index (χ1n) is 6.03. The van der Waals surface area contributed by atoms with Crippen LogP contribution in [-0.4, -0.2) is 35.1 Å². The molecule has 2 atom stereocenters. The molecule has 0 aliphatic carbocycles. The molecule has 0 amide bonds. The second-order valence-electron chi connectivity index (χ2n) is 4.76. The lowest BCUT2D eigenvalue weighted by Crippen LogP contribution is -2.45. The zero-order valence-corrected chi connectivity index (χ0v) is 11.9. The van der Waals surface area contributed by atoms with Crippen LogP contribution >= 0.6 is 15.9 Å². The van der Waals surface area contributed by atoms with E-state index in [-0.39, 0.29) is 11.9 Å². The minimum atomic E-state index is -0.770. The molecule has 100 valence electrons. The lowest BCUT2D eigenvalue weighted by atomic mass is 9.96. The van der Waals surface area contributed by atoms with Crippen LogP contribution in [0, 0.1) is 0 Å². The van der Waals surface area contributed by atoms with Crippen molar-refractivity contribution in [3.8, 4) is 5.75 Å². The molecule has 4 nitrogen and oxygen atoms in total. The third kappa shape index (κ3) is 3.03. The van der Waals surface area contributed by atoms with Gasteiger partial charge in [-0.2, -0.15) is 0 Å². The Morgan fingerprint density at radius 2 is 2.33 bits per heavy atom. The van der Waals surface area contributed by atoms with Crippen molar-refractivity contribution < 1.29 is 14.9 Å². The zero-order chi connectivity index (χ0) is 13.2. The molecule has 0 aromatic heterocycles. The number of phenols is 1. The van der Waals surface area contributed by atoms with Gasteiger partial charge in [0.05, 0.1) is 10.6 Å². The molecule has 0 spiro atoms. The molecule has 0 radical (unpaired) electrons. The Kier molecular flexibility index (Phi) is 4.27. The van der Waals surface area contributed by atoms with Gasteiger partial charge in [-0.3, -0.25) is 0 Å². The zero-order valence-electron chi connectivity index (χ0n) is 10.3. The molecule has 5 heteroatoms. The van der Waals surface area contributed by atoms with Crippen molar-refractivity contribution >= 4 is 15.9 Å². The van der Waals surface area contributed by atoms with Crippen LogP contribution in [0.25, 0.3) is 0 Å². The first-order chi connectivity index (χ1) is 8.51. The van der Waals surface area contributed by atoms with Gasteiger partial charge in [0.15, 0.2) is 0 Å². The topological polar surface area (TPSA) is 61.7 Å². The Morgan fingerprint density at radius 3 is 2.94 bits per heavy atom. The third-order valence-electron chi connectivity index (χ3n) is 3.43. The molecule has 0 saturated carbocycles. The van der Waals surface area contributed by atoms with E-state index in [1.165, 1.54) is 0 Å². The molecular formula is C13H18BrNO3. The van der Waals surface area contributed by atoms with Crippen LogP contribution in [0.4, 0.5) is 0 Å². The number of aromatic hydroxyl groups is 1. The number of nitrogens with one attached hydrogen (secondary N) is 1. The number of phenolic OH excluding ortho intramolecular Hbond substituents is 1. The second-order valence-corrected chi connectivity index (χ2v) is 5.61. The average molecular weight is 316 g/mol. The summed E-state index contributed by atoms with van der Waals surface area (Å²) in [5.41, 5.74) is 0.281. The minimum absolute atomic E-state index is 0.128. The summed E-state index contributed by atoms with van der Waals surface area (Å²) in [5, 5.41) is 22.9. The number of ether oxygens (including phenoxy) is 1. The molecule has 1 saturated heterocycles. The number of rotatable bonds is 4. The molecule has 3 N–H and O–H groups in total. The summed E-state index contributed by atoms with van der Waals surface area (Å²) in [4.78, 5) is 0. The largest absolute Gasteiger partial charge is 0.507 e. The molecule has 1 heterocycles. The molecular weight excluding hydrogens is 298 g/mol. The van der Waals surface area contributed by atoms with E-state index >= 15 is 0 Å². The number of halogens is 1. The van der Waals surface area contributed by atoms with Crippen molar-refractivity contribution in [2.45, 2.75) is 31.6 Å². The molecule has 0 bridgehead atoms. The number of aliphatic hydroxyl groups is 1. The van der Waals surface area contributed by atoms with Crippen LogP contribution < -0.4 is 5.32 Å². The van der Waals surface area contributed by atoms with Crippen molar-refractivity contribution in [2.24, 2.45) is 0 Å². The minimum Gasteiger partial charge on any atom is -0.507 e. The summed E-state index contributed by atoms with van der Waals surface area (Å²) in [6.45, 7) is 3.66. The summed E-state index contributed by atoms with van der Waals surface area (Å²) in [5.74, 6) is 0.232. The Morgan fingerprint density at radius 1 is 1.56 bits per heavy atom. The van der Waals surface area contributed by atoms with Gasteiger partial charge in [-0.1, -0.05) is 6.07 Å². The van der Waals surface area contributed by atoms with Gasteiger partial charge in [-0.25, -0.2) is 0 Å². The lowest BCUT2D eigenvalue weighted by molar-refractivity contribution is -0.0262. The first kappa shape index (κ1) is 13.8. The van der Waals surface area contributed by atoms with E-state index in [4.69, 9.17) is 4.74 Å². The normalized spacial score (nSPS) is 27.6. The fraction of sp³-hybridized carbons (Fsp3) is 0.538. The Labute approximate surface area is 115 Å². The van der Waals surface area contributed by atoms with Gasteiger partial charge in [-0.05, 0) is 40.5 Å². The highest BCUT2D eigenvalue weighted by molar-refractivity contribution is 9.10. The van der Waals surface area contributed by atoms with Gasteiger partial charge in [0.25, 0.3) is 0 Å². The number of benzene rings is 1. The molecule has 1 aromatic rings. The molecule has 1 aliphatic rings. The van der Waals surface area contributed by atoms with Crippen molar-refractivity contribution in [1.29, 1.82) is 0 Å². The number of hydrogen-bond donors (Lipinski definition) is 3. The van der Waals surface area contributed by atoms with Crippen LogP contribution in [0.2, 0.25) is 0 Å². The van der Waals surface area contributed by atoms with Gasteiger partial charge in [0.1, 0.15) is 11.4 Å². The van der Waals surface area contributed by atoms with Gasteiger partial charge in [0, 0.05) is 26.1 Å². The van der Waals surface area contributed by atoms with E-state index in [0.717, 1.165) is 5.56 Å². The van der Waals surface area contributed by atoms with Crippen LogP contribution in [0.5, 0.6) is 5.75 Å². The molecule has 2 rings (SSSR count). The Balaban J connectivity index is 1.86. The fourth-order valence-electron chi connectivity index (χ4n) is 2.09. The Bertz CT molecular complexity index is 427. The third-order valence-corrected chi connectivity index (χ3v) is 4.07. The van der Waals surface area contributed by atoms with Gasteiger partial charge in [-0.15, -0.1) is 0 Å². The van der Waals surface area contributed by atoms with E-state index in [0.29, 0.717) is 30.6 Å². The maximum Gasteiger partial charge on any atom is 0.129 e. The Hall–Kier alpha value is -0.620. The fourth-order valence-corrected chi connectivity index (χ4v) is 2.51. The highest BCUT2D eigenvalue weighted by atomic mass is 79.9. The summed E-state index contributed by atoms with van der Waals surface area (Å²) in [6.07, 6.45) is 0.539. The van der Waals surface area contributed by atoms with Crippen molar-refractivity contribution in [3.05, 3.63) is 28.2 Å². The quantitative estimate of drug-likeness (QED) is 0.792. The van der Waals surface area contributed by atoms with E-state index in [9.17, 15) is 10.2 Å². The van der Waals surface area contributed by atoms with Gasteiger partial charge >= 0.3 is 0 Å². The van der Waals surface area contributed by atoms with Crippen LogP contribution in [0.3, 0.4) is 0 Å². The number of hydrogen-bond acceptors (Lipinski definition) is 4. The summed E-state index contributed by atoms with van der Waals surface area (Å²) < 4.78 is 6.05. The summed E-state index contributed by atoms with van der Waals surface area (Å²) >= 11 is 3.28. The summed E-state index contributed by atoms with van der Waals surface area (Å²) in [7, 11) is 0. The summed E-state index contributed by atoms with van der Waals surface area (Å²) in [6, 6.07) is 5.36. The lowest BCUT2D eigenvalue weighted by Gasteiger charge is -2.26. The van der Waals surface area contributed by atoms with E-state index < -0.39 is 5.60 Å². The van der Waals surface area contributed by atoms with Crippen LogP contribution in [0.15, 0.2) is 22.7 Å². The van der Waals surface area contributed by atoms with Crippen molar-refractivity contribution in [2.75, 3.05) is 13.2 Å². The monoisotopic (exact) mass is 315 g/mol. The van der Waals surface area contributed by atoms with Gasteiger partial charge < -0.3 is 20.3 Å². The molecule has 2 unspecified atom stereocenters. The first-order valence-corrected chi connectivity index (χ1v) is 6.83. The van der Waals surface area contributed by atoms with E-state index in [1.54, 1.807) is 6.07 Å².